The standard InChI is InChI=1S/C16H27N3S/c1-12(2)8-17-9-15-10-18-13(3)7-16(15)19-5-6-20-11-14(19)4/h7,10,12,14,17H,5-6,8-9,11H2,1-4H3. The van der Waals surface area contributed by atoms with Gasteiger partial charge in [-0.15, -0.1) is 0 Å². The Balaban J connectivity index is 2.14. The largest absolute Gasteiger partial charge is 0.367 e. The van der Waals surface area contributed by atoms with Crippen molar-refractivity contribution in [3.8, 4) is 0 Å². The minimum absolute atomic E-state index is 0.611. The fraction of sp³-hybridized carbons (Fsp3) is 0.688. The van der Waals surface area contributed by atoms with Gasteiger partial charge in [-0.25, -0.2) is 0 Å². The quantitative estimate of drug-likeness (QED) is 0.903. The molecular formula is C16H27N3S. The number of nitrogens with one attached hydrogen (secondary N) is 1. The highest BCUT2D eigenvalue weighted by atomic mass is 32.2. The van der Waals surface area contributed by atoms with Crippen LogP contribution in [0.3, 0.4) is 0 Å². The molecule has 2 rings (SSSR count). The van der Waals surface area contributed by atoms with E-state index in [-0.39, 0.29) is 0 Å². The molecule has 1 atom stereocenters. The highest BCUT2D eigenvalue weighted by molar-refractivity contribution is 7.99. The Bertz CT molecular complexity index is 434. The third-order valence-corrected chi connectivity index (χ3v) is 4.83. The van der Waals surface area contributed by atoms with Crippen LogP contribution in [0.25, 0.3) is 0 Å². The van der Waals surface area contributed by atoms with E-state index in [9.17, 15) is 0 Å². The van der Waals surface area contributed by atoms with Crippen molar-refractivity contribution in [2.45, 2.75) is 40.3 Å². The van der Waals surface area contributed by atoms with Gasteiger partial charge >= 0.3 is 0 Å². The molecule has 4 heteroatoms. The van der Waals surface area contributed by atoms with Gasteiger partial charge in [-0.1, -0.05) is 13.8 Å². The van der Waals surface area contributed by atoms with E-state index in [1.165, 1.54) is 22.8 Å². The summed E-state index contributed by atoms with van der Waals surface area (Å²) >= 11 is 2.06. The lowest BCUT2D eigenvalue weighted by atomic mass is 10.1. The van der Waals surface area contributed by atoms with Crippen LogP contribution in [0, 0.1) is 12.8 Å². The summed E-state index contributed by atoms with van der Waals surface area (Å²) in [5.41, 5.74) is 3.81. The zero-order valence-electron chi connectivity index (χ0n) is 13.1. The predicted molar refractivity (Wildman–Crippen MR) is 89.7 cm³/mol. The monoisotopic (exact) mass is 293 g/mol. The van der Waals surface area contributed by atoms with Gasteiger partial charge in [0.25, 0.3) is 0 Å². The van der Waals surface area contributed by atoms with Gasteiger partial charge in [0, 0.05) is 53.8 Å². The molecule has 0 amide bonds. The second kappa shape index (κ2) is 7.32. The van der Waals surface area contributed by atoms with Crippen molar-refractivity contribution in [3.63, 3.8) is 0 Å². The van der Waals surface area contributed by atoms with Gasteiger partial charge in [0.2, 0.25) is 0 Å². The lowest BCUT2D eigenvalue weighted by Gasteiger charge is -2.36. The smallest absolute Gasteiger partial charge is 0.0448 e. The van der Waals surface area contributed by atoms with E-state index < -0.39 is 0 Å². The first-order valence-electron chi connectivity index (χ1n) is 7.58. The van der Waals surface area contributed by atoms with Crippen molar-refractivity contribution in [1.82, 2.24) is 10.3 Å². The molecule has 1 aliphatic rings. The Kier molecular flexibility index (Phi) is 5.73. The zero-order chi connectivity index (χ0) is 14.5. The SMILES string of the molecule is Cc1cc(N2CCSCC2C)c(CNCC(C)C)cn1. The van der Waals surface area contributed by atoms with E-state index in [0.29, 0.717) is 12.0 Å². The van der Waals surface area contributed by atoms with Gasteiger partial charge in [0.15, 0.2) is 0 Å². The molecule has 0 aliphatic carbocycles. The average molecular weight is 293 g/mol. The summed E-state index contributed by atoms with van der Waals surface area (Å²) in [6, 6.07) is 2.86. The minimum atomic E-state index is 0.611. The van der Waals surface area contributed by atoms with Crippen molar-refractivity contribution in [2.75, 3.05) is 29.5 Å². The van der Waals surface area contributed by atoms with E-state index in [1.54, 1.807) is 0 Å². The summed E-state index contributed by atoms with van der Waals surface area (Å²) in [7, 11) is 0. The molecular weight excluding hydrogens is 266 g/mol. The minimum Gasteiger partial charge on any atom is -0.367 e. The molecule has 1 aliphatic heterocycles. The molecule has 0 saturated carbocycles. The maximum Gasteiger partial charge on any atom is 0.0448 e. The number of anilines is 1. The second-order valence-corrected chi connectivity index (χ2v) is 7.25. The lowest BCUT2D eigenvalue weighted by Crippen LogP contribution is -2.41. The van der Waals surface area contributed by atoms with Gasteiger partial charge in [-0.3, -0.25) is 4.98 Å². The molecule has 1 unspecified atom stereocenters. The van der Waals surface area contributed by atoms with E-state index in [2.05, 4.69) is 60.7 Å². The van der Waals surface area contributed by atoms with Crippen LogP contribution in [0.2, 0.25) is 0 Å². The summed E-state index contributed by atoms with van der Waals surface area (Å²) in [4.78, 5) is 7.04. The van der Waals surface area contributed by atoms with Gasteiger partial charge in [0.05, 0.1) is 0 Å². The average Bonchev–Trinajstić information content (AvgIpc) is 2.41. The number of hydrogen-bond acceptors (Lipinski definition) is 4. The molecule has 1 N–H and O–H groups in total. The summed E-state index contributed by atoms with van der Waals surface area (Å²) < 4.78 is 0. The van der Waals surface area contributed by atoms with Crippen LogP contribution in [-0.2, 0) is 6.54 Å². The fourth-order valence-electron chi connectivity index (χ4n) is 2.56. The summed E-state index contributed by atoms with van der Waals surface area (Å²) in [6.45, 7) is 12.0. The zero-order valence-corrected chi connectivity index (χ0v) is 14.0. The maximum absolute atomic E-state index is 4.49. The van der Waals surface area contributed by atoms with E-state index in [4.69, 9.17) is 0 Å². The van der Waals surface area contributed by atoms with Crippen molar-refractivity contribution in [1.29, 1.82) is 0 Å². The van der Waals surface area contributed by atoms with Crippen LogP contribution in [0.5, 0.6) is 0 Å². The van der Waals surface area contributed by atoms with Crippen molar-refractivity contribution in [2.24, 2.45) is 5.92 Å². The van der Waals surface area contributed by atoms with E-state index >= 15 is 0 Å². The molecule has 3 nitrogen and oxygen atoms in total. The van der Waals surface area contributed by atoms with Crippen LogP contribution in [0.15, 0.2) is 12.3 Å². The van der Waals surface area contributed by atoms with Crippen LogP contribution >= 0.6 is 11.8 Å². The van der Waals surface area contributed by atoms with Gasteiger partial charge in [-0.2, -0.15) is 11.8 Å². The number of aromatic nitrogens is 1. The number of hydrogen-bond donors (Lipinski definition) is 1. The molecule has 1 saturated heterocycles. The molecule has 112 valence electrons. The van der Waals surface area contributed by atoms with Crippen LogP contribution in [-0.4, -0.2) is 35.6 Å². The molecule has 0 spiro atoms. The Morgan fingerprint density at radius 1 is 1.50 bits per heavy atom. The van der Waals surface area contributed by atoms with E-state index in [1.807, 2.05) is 6.20 Å². The van der Waals surface area contributed by atoms with E-state index in [0.717, 1.165) is 25.3 Å². The highest BCUT2D eigenvalue weighted by Crippen LogP contribution is 2.27. The summed E-state index contributed by atoms with van der Waals surface area (Å²) in [5, 5.41) is 3.54. The lowest BCUT2D eigenvalue weighted by molar-refractivity contribution is 0.550. The third kappa shape index (κ3) is 4.13. The molecule has 0 radical (unpaired) electrons. The highest BCUT2D eigenvalue weighted by Gasteiger charge is 2.21. The van der Waals surface area contributed by atoms with Crippen LogP contribution < -0.4 is 10.2 Å². The van der Waals surface area contributed by atoms with Crippen LogP contribution in [0.4, 0.5) is 5.69 Å². The Morgan fingerprint density at radius 2 is 2.30 bits per heavy atom. The van der Waals surface area contributed by atoms with Gasteiger partial charge in [-0.05, 0) is 32.4 Å². The number of pyridine rings is 1. The first kappa shape index (κ1) is 15.6. The Labute approximate surface area is 127 Å². The molecule has 0 aromatic carbocycles. The molecule has 2 heterocycles. The molecule has 1 fully saturated rings. The first-order valence-corrected chi connectivity index (χ1v) is 8.74. The summed E-state index contributed by atoms with van der Waals surface area (Å²) in [5.74, 6) is 3.13. The molecule has 1 aromatic heterocycles. The second-order valence-electron chi connectivity index (χ2n) is 6.10. The normalized spacial score (nSPS) is 19.6. The summed E-state index contributed by atoms with van der Waals surface area (Å²) in [6.07, 6.45) is 2.05. The molecule has 20 heavy (non-hydrogen) atoms. The number of rotatable bonds is 5. The van der Waals surface area contributed by atoms with Gasteiger partial charge in [0.1, 0.15) is 0 Å². The first-order chi connectivity index (χ1) is 9.58. The predicted octanol–water partition coefficient (Wildman–Crippen LogP) is 3.08. The molecule has 1 aromatic rings. The Hall–Kier alpha value is -0.740. The molecule has 0 bridgehead atoms. The van der Waals surface area contributed by atoms with Crippen molar-refractivity contribution in [3.05, 3.63) is 23.5 Å². The number of aryl methyl sites for hydroxylation is 1. The number of nitrogens with zero attached hydrogens (tertiary/aromatic N) is 2. The van der Waals surface area contributed by atoms with Crippen LogP contribution in [0.1, 0.15) is 32.0 Å². The Morgan fingerprint density at radius 3 is 3.00 bits per heavy atom. The van der Waals surface area contributed by atoms with Crippen molar-refractivity contribution < 1.29 is 0 Å². The third-order valence-electron chi connectivity index (χ3n) is 3.64. The maximum atomic E-state index is 4.49. The number of thioether (sulfide) groups is 1. The fourth-order valence-corrected chi connectivity index (χ4v) is 3.57. The van der Waals surface area contributed by atoms with Crippen molar-refractivity contribution >= 4 is 17.4 Å². The van der Waals surface area contributed by atoms with Gasteiger partial charge < -0.3 is 10.2 Å². The topological polar surface area (TPSA) is 28.2 Å².